The van der Waals surface area contributed by atoms with Crippen LogP contribution in [0.25, 0.3) is 0 Å². The predicted molar refractivity (Wildman–Crippen MR) is 82.4 cm³/mol. The Labute approximate surface area is 138 Å². The van der Waals surface area contributed by atoms with E-state index in [1.807, 2.05) is 0 Å². The van der Waals surface area contributed by atoms with Crippen molar-refractivity contribution >= 4 is 6.03 Å². The van der Waals surface area contributed by atoms with Gasteiger partial charge in [0.2, 0.25) is 0 Å². The van der Waals surface area contributed by atoms with Gasteiger partial charge in [-0.15, -0.1) is 13.2 Å². The van der Waals surface area contributed by atoms with E-state index in [1.54, 1.807) is 13.0 Å². The number of rotatable bonds is 4. The van der Waals surface area contributed by atoms with E-state index in [2.05, 4.69) is 22.3 Å². The average Bonchev–Trinajstić information content (AvgIpc) is 2.88. The van der Waals surface area contributed by atoms with Crippen LogP contribution >= 0.6 is 0 Å². The minimum atomic E-state index is -4.73. The summed E-state index contributed by atoms with van der Waals surface area (Å²) in [7, 11) is 0. The average molecular weight is 342 g/mol. The van der Waals surface area contributed by atoms with Crippen molar-refractivity contribution < 1.29 is 22.7 Å². The molecule has 0 aromatic heterocycles. The monoisotopic (exact) mass is 342 g/mol. The molecule has 2 bridgehead atoms. The Morgan fingerprint density at radius 3 is 2.62 bits per heavy atom. The highest BCUT2D eigenvalue weighted by molar-refractivity contribution is 5.75. The van der Waals surface area contributed by atoms with E-state index in [-0.39, 0.29) is 17.8 Å². The van der Waals surface area contributed by atoms with Crippen molar-refractivity contribution in [2.45, 2.75) is 51.6 Å². The SMILES string of the molecule is C[C@H](NC(=O)N[C@@H]1CC2(C)CC1C2)c1cccc(OC(F)(F)F)c1. The van der Waals surface area contributed by atoms with E-state index in [9.17, 15) is 18.0 Å². The highest BCUT2D eigenvalue weighted by Gasteiger charge is 2.53. The fraction of sp³-hybridized carbons (Fsp3) is 0.588. The first-order chi connectivity index (χ1) is 11.1. The van der Waals surface area contributed by atoms with Crippen LogP contribution in [0.15, 0.2) is 24.3 Å². The molecule has 3 aliphatic carbocycles. The Bertz CT molecular complexity index is 627. The van der Waals surface area contributed by atoms with Crippen molar-refractivity contribution in [2.24, 2.45) is 11.3 Å². The summed E-state index contributed by atoms with van der Waals surface area (Å²) < 4.78 is 40.8. The third-order valence-corrected chi connectivity index (χ3v) is 5.05. The summed E-state index contributed by atoms with van der Waals surface area (Å²) in [6.45, 7) is 3.96. The molecule has 4 nitrogen and oxygen atoms in total. The van der Waals surface area contributed by atoms with Gasteiger partial charge in [0.05, 0.1) is 6.04 Å². The van der Waals surface area contributed by atoms with Crippen LogP contribution in [-0.2, 0) is 0 Å². The number of halogens is 3. The number of benzene rings is 1. The van der Waals surface area contributed by atoms with Crippen molar-refractivity contribution in [3.63, 3.8) is 0 Å². The third kappa shape index (κ3) is 3.76. The molecule has 3 aliphatic rings. The first kappa shape index (κ1) is 16.9. The zero-order valence-corrected chi connectivity index (χ0v) is 13.6. The number of hydrogen-bond donors (Lipinski definition) is 2. The van der Waals surface area contributed by atoms with E-state index in [0.29, 0.717) is 16.9 Å². The largest absolute Gasteiger partial charge is 0.573 e. The lowest BCUT2D eigenvalue weighted by molar-refractivity contribution is -0.274. The van der Waals surface area contributed by atoms with Crippen LogP contribution in [0.1, 0.15) is 44.7 Å². The van der Waals surface area contributed by atoms with Crippen LogP contribution in [0.4, 0.5) is 18.0 Å². The molecule has 3 fully saturated rings. The lowest BCUT2D eigenvalue weighted by Crippen LogP contribution is -2.43. The highest BCUT2D eigenvalue weighted by atomic mass is 19.4. The Morgan fingerprint density at radius 2 is 2.04 bits per heavy atom. The minimum Gasteiger partial charge on any atom is -0.406 e. The van der Waals surface area contributed by atoms with Gasteiger partial charge in [0, 0.05) is 6.04 Å². The zero-order valence-electron chi connectivity index (χ0n) is 13.6. The molecule has 2 atom stereocenters. The fourth-order valence-corrected chi connectivity index (χ4v) is 3.99. The number of urea groups is 1. The van der Waals surface area contributed by atoms with Gasteiger partial charge in [-0.3, -0.25) is 0 Å². The molecule has 2 amide bonds. The standard InChI is InChI=1S/C17H21F3N2O2/c1-10(11-4-3-5-13(6-11)24-17(18,19)20)21-15(23)22-14-9-16(2)7-12(14)8-16/h3-6,10,12,14H,7-9H2,1-2H3,(H2,21,22,23)/t10-,12?,14+,16?/m0/s1. The third-order valence-electron chi connectivity index (χ3n) is 5.05. The first-order valence-corrected chi connectivity index (χ1v) is 8.06. The van der Waals surface area contributed by atoms with Crippen LogP contribution in [0.3, 0.4) is 0 Å². The summed E-state index contributed by atoms with van der Waals surface area (Å²) in [5, 5.41) is 5.77. The summed E-state index contributed by atoms with van der Waals surface area (Å²) in [5.74, 6) is 0.262. The van der Waals surface area contributed by atoms with Gasteiger partial charge in [0.15, 0.2) is 0 Å². The summed E-state index contributed by atoms with van der Waals surface area (Å²) in [4.78, 5) is 12.1. The second-order valence-corrected chi connectivity index (χ2v) is 7.25. The van der Waals surface area contributed by atoms with Crippen molar-refractivity contribution in [1.29, 1.82) is 0 Å². The van der Waals surface area contributed by atoms with Gasteiger partial charge in [-0.05, 0) is 55.2 Å². The molecule has 0 radical (unpaired) electrons. The Kier molecular flexibility index (Phi) is 4.13. The number of fused-ring (bicyclic) bond motifs is 1. The highest BCUT2D eigenvalue weighted by Crippen LogP contribution is 2.58. The number of alkyl halides is 3. The van der Waals surface area contributed by atoms with Gasteiger partial charge in [0.25, 0.3) is 0 Å². The Balaban J connectivity index is 1.55. The number of amides is 2. The molecule has 1 aromatic rings. The normalized spacial score (nSPS) is 29.5. The molecule has 0 spiro atoms. The topological polar surface area (TPSA) is 50.4 Å². The van der Waals surface area contributed by atoms with Gasteiger partial charge in [-0.2, -0.15) is 0 Å². The predicted octanol–water partition coefficient (Wildman–Crippen LogP) is 4.13. The maximum absolute atomic E-state index is 12.3. The fourth-order valence-electron chi connectivity index (χ4n) is 3.99. The van der Waals surface area contributed by atoms with Crippen molar-refractivity contribution in [2.75, 3.05) is 0 Å². The molecule has 0 heterocycles. The molecule has 0 aliphatic heterocycles. The first-order valence-electron chi connectivity index (χ1n) is 8.06. The van der Waals surface area contributed by atoms with E-state index in [0.717, 1.165) is 19.3 Å². The Hall–Kier alpha value is -1.92. The quantitative estimate of drug-likeness (QED) is 0.864. The molecule has 0 unspecified atom stereocenters. The van der Waals surface area contributed by atoms with E-state index >= 15 is 0 Å². The second kappa shape index (κ2) is 5.86. The second-order valence-electron chi connectivity index (χ2n) is 7.25. The number of ether oxygens (including phenoxy) is 1. The van der Waals surface area contributed by atoms with Crippen LogP contribution in [0.2, 0.25) is 0 Å². The van der Waals surface area contributed by atoms with Crippen LogP contribution in [0.5, 0.6) is 5.75 Å². The van der Waals surface area contributed by atoms with Gasteiger partial charge >= 0.3 is 12.4 Å². The van der Waals surface area contributed by atoms with Crippen molar-refractivity contribution in [1.82, 2.24) is 10.6 Å². The van der Waals surface area contributed by atoms with Crippen LogP contribution in [-0.4, -0.2) is 18.4 Å². The molecular weight excluding hydrogens is 321 g/mol. The molecule has 24 heavy (non-hydrogen) atoms. The van der Waals surface area contributed by atoms with E-state index in [1.165, 1.54) is 18.2 Å². The van der Waals surface area contributed by atoms with Crippen LogP contribution in [0, 0.1) is 11.3 Å². The molecule has 132 valence electrons. The smallest absolute Gasteiger partial charge is 0.406 e. The molecule has 3 saturated carbocycles. The number of nitrogens with one attached hydrogen (secondary N) is 2. The van der Waals surface area contributed by atoms with Crippen molar-refractivity contribution in [3.8, 4) is 5.75 Å². The minimum absolute atomic E-state index is 0.196. The number of carbonyl (C=O) groups is 1. The molecule has 4 rings (SSSR count). The summed E-state index contributed by atoms with van der Waals surface area (Å²) in [5.41, 5.74) is 0.923. The summed E-state index contributed by atoms with van der Waals surface area (Å²) in [6.07, 6.45) is -1.42. The van der Waals surface area contributed by atoms with Crippen LogP contribution < -0.4 is 15.4 Å². The zero-order chi connectivity index (χ0) is 17.5. The number of hydrogen-bond acceptors (Lipinski definition) is 2. The summed E-state index contributed by atoms with van der Waals surface area (Å²) >= 11 is 0. The maximum Gasteiger partial charge on any atom is 0.573 e. The maximum atomic E-state index is 12.3. The van der Waals surface area contributed by atoms with Gasteiger partial charge < -0.3 is 15.4 Å². The molecule has 1 aromatic carbocycles. The van der Waals surface area contributed by atoms with Gasteiger partial charge in [-0.1, -0.05) is 19.1 Å². The number of carbonyl (C=O) groups excluding carboxylic acids is 1. The molecular formula is C17H21F3N2O2. The molecule has 0 saturated heterocycles. The molecule has 7 heteroatoms. The lowest BCUT2D eigenvalue weighted by atomic mass is 9.71. The van der Waals surface area contributed by atoms with Crippen molar-refractivity contribution in [3.05, 3.63) is 29.8 Å². The summed E-state index contributed by atoms with van der Waals surface area (Å²) in [6, 6.07) is 5.13. The van der Waals surface area contributed by atoms with E-state index in [4.69, 9.17) is 0 Å². The van der Waals surface area contributed by atoms with Gasteiger partial charge in [-0.25, -0.2) is 4.79 Å². The van der Waals surface area contributed by atoms with Gasteiger partial charge in [0.1, 0.15) is 5.75 Å². The lowest BCUT2D eigenvalue weighted by Gasteiger charge is -2.34. The molecule has 2 N–H and O–H groups in total. The van der Waals surface area contributed by atoms with E-state index < -0.39 is 12.4 Å². The Morgan fingerprint density at radius 1 is 1.33 bits per heavy atom.